The number of benzene rings is 1. The van der Waals surface area contributed by atoms with E-state index in [2.05, 4.69) is 4.99 Å². The molecule has 0 spiro atoms. The van der Waals surface area contributed by atoms with Crippen molar-refractivity contribution in [2.24, 2.45) is 16.5 Å². The third-order valence-electron chi connectivity index (χ3n) is 2.99. The molecule has 0 fully saturated rings. The van der Waals surface area contributed by atoms with Crippen LogP contribution in [0.2, 0.25) is 5.02 Å². The minimum Gasteiger partial charge on any atom is -0.370 e. The Balaban J connectivity index is 0.00000484. The highest BCUT2D eigenvalue weighted by atomic mass is 35.5. The van der Waals surface area contributed by atoms with Gasteiger partial charge in [-0.15, -0.1) is 12.4 Å². The molecule has 0 bridgehead atoms. The maximum absolute atomic E-state index is 12.1. The lowest BCUT2D eigenvalue weighted by atomic mass is 10.1. The second kappa shape index (κ2) is 8.37. The Morgan fingerprint density at radius 2 is 1.78 bits per heavy atom. The van der Waals surface area contributed by atoms with Crippen LogP contribution in [0.5, 0.6) is 0 Å². The summed E-state index contributed by atoms with van der Waals surface area (Å²) in [4.78, 5) is 17.1. The number of aliphatic imine (C=N–C) groups is 1. The lowest BCUT2D eigenvalue weighted by molar-refractivity contribution is 0.100. The van der Waals surface area contributed by atoms with Crippen molar-refractivity contribution in [3.8, 4) is 0 Å². The maximum Gasteiger partial charge on any atom is 0.280 e. The molecule has 0 aliphatic carbocycles. The molecule has 0 unspecified atom stereocenters. The largest absolute Gasteiger partial charge is 0.370 e. The van der Waals surface area contributed by atoms with E-state index in [1.807, 2.05) is 13.8 Å². The molecule has 0 aliphatic rings. The highest BCUT2D eigenvalue weighted by molar-refractivity contribution is 7.90. The molecular weight excluding hydrogens is 363 g/mol. The number of guanidine groups is 1. The predicted molar refractivity (Wildman–Crippen MR) is 95.5 cm³/mol. The van der Waals surface area contributed by atoms with Gasteiger partial charge in [0.05, 0.1) is 15.6 Å². The molecule has 7 nitrogen and oxygen atoms in total. The van der Waals surface area contributed by atoms with Crippen molar-refractivity contribution in [3.05, 3.63) is 22.7 Å². The van der Waals surface area contributed by atoms with E-state index < -0.39 is 21.7 Å². The van der Waals surface area contributed by atoms with Gasteiger partial charge in [-0.1, -0.05) is 11.6 Å². The van der Waals surface area contributed by atoms with Crippen molar-refractivity contribution in [1.82, 2.24) is 0 Å². The Kier molecular flexibility index (Phi) is 7.82. The van der Waals surface area contributed by atoms with Gasteiger partial charge in [0.1, 0.15) is 0 Å². The lowest BCUT2D eigenvalue weighted by Crippen LogP contribution is -2.25. The average Bonchev–Trinajstić information content (AvgIpc) is 2.39. The average molecular weight is 383 g/mol. The van der Waals surface area contributed by atoms with Gasteiger partial charge < -0.3 is 16.4 Å². The molecule has 0 heterocycles. The number of amides is 1. The number of carbonyl (C=O) groups is 1. The van der Waals surface area contributed by atoms with E-state index in [1.165, 1.54) is 12.1 Å². The van der Waals surface area contributed by atoms with E-state index in [4.69, 9.17) is 23.1 Å². The summed E-state index contributed by atoms with van der Waals surface area (Å²) < 4.78 is 24.1. The third-order valence-corrected chi connectivity index (χ3v) is 4.38. The molecule has 0 saturated heterocycles. The Morgan fingerprint density at radius 3 is 2.17 bits per heavy atom. The SMILES string of the molecule is CCN(CC)c1c(Cl)cc(C(=O)N=C(N)N)cc1S(C)(=O)=O.Cl. The number of nitrogens with two attached hydrogens (primary N) is 2. The summed E-state index contributed by atoms with van der Waals surface area (Å²) in [6.07, 6.45) is 1.06. The van der Waals surface area contributed by atoms with Gasteiger partial charge in [0, 0.05) is 24.9 Å². The molecule has 0 aliphatic heterocycles. The van der Waals surface area contributed by atoms with E-state index in [-0.39, 0.29) is 27.9 Å². The van der Waals surface area contributed by atoms with Crippen LogP contribution in [-0.2, 0) is 9.84 Å². The summed E-state index contributed by atoms with van der Waals surface area (Å²) in [5.41, 5.74) is 10.7. The Hall–Kier alpha value is -1.51. The van der Waals surface area contributed by atoms with Gasteiger partial charge in [-0.25, -0.2) is 8.42 Å². The Bertz CT molecular complexity index is 712. The van der Waals surface area contributed by atoms with Crippen LogP contribution < -0.4 is 16.4 Å². The minimum absolute atomic E-state index is 0. The van der Waals surface area contributed by atoms with Crippen LogP contribution in [0.25, 0.3) is 0 Å². The van der Waals surface area contributed by atoms with Crippen LogP contribution in [0.1, 0.15) is 24.2 Å². The smallest absolute Gasteiger partial charge is 0.280 e. The van der Waals surface area contributed by atoms with Crippen LogP contribution >= 0.6 is 24.0 Å². The van der Waals surface area contributed by atoms with Gasteiger partial charge in [-0.3, -0.25) is 4.79 Å². The molecule has 1 aromatic rings. The molecule has 0 saturated carbocycles. The highest BCUT2D eigenvalue weighted by Crippen LogP contribution is 2.34. The number of sulfone groups is 1. The zero-order valence-electron chi connectivity index (χ0n) is 13.0. The fraction of sp³-hybridized carbons (Fsp3) is 0.385. The summed E-state index contributed by atoms with van der Waals surface area (Å²) in [7, 11) is -3.59. The number of carbonyl (C=O) groups excluding carboxylic acids is 1. The molecule has 23 heavy (non-hydrogen) atoms. The molecule has 4 N–H and O–H groups in total. The van der Waals surface area contributed by atoms with Crippen LogP contribution in [0.3, 0.4) is 0 Å². The van der Waals surface area contributed by atoms with Crippen molar-refractivity contribution >= 4 is 51.4 Å². The zero-order valence-corrected chi connectivity index (χ0v) is 15.4. The molecule has 0 radical (unpaired) electrons. The molecule has 1 aromatic carbocycles. The minimum atomic E-state index is -3.59. The summed E-state index contributed by atoms with van der Waals surface area (Å²) >= 11 is 6.20. The number of rotatable bonds is 5. The van der Waals surface area contributed by atoms with Crippen LogP contribution in [0.15, 0.2) is 22.0 Å². The first-order chi connectivity index (χ1) is 10.1. The van der Waals surface area contributed by atoms with Crippen LogP contribution in [0.4, 0.5) is 5.69 Å². The quantitative estimate of drug-likeness (QED) is 0.586. The molecular formula is C13H20Cl2N4O3S. The highest BCUT2D eigenvalue weighted by Gasteiger charge is 2.23. The lowest BCUT2D eigenvalue weighted by Gasteiger charge is -2.25. The number of nitrogens with zero attached hydrogens (tertiary/aromatic N) is 2. The molecule has 0 atom stereocenters. The fourth-order valence-electron chi connectivity index (χ4n) is 2.01. The van der Waals surface area contributed by atoms with Crippen molar-refractivity contribution in [3.63, 3.8) is 0 Å². The van der Waals surface area contributed by atoms with E-state index in [0.29, 0.717) is 18.8 Å². The molecule has 1 amide bonds. The summed E-state index contributed by atoms with van der Waals surface area (Å²) in [5, 5.41) is 0.153. The summed E-state index contributed by atoms with van der Waals surface area (Å²) in [5.74, 6) is -1.16. The number of anilines is 1. The van der Waals surface area contributed by atoms with Gasteiger partial charge in [0.25, 0.3) is 5.91 Å². The van der Waals surface area contributed by atoms with Gasteiger partial charge in [-0.2, -0.15) is 4.99 Å². The Morgan fingerprint density at radius 1 is 1.26 bits per heavy atom. The van der Waals surface area contributed by atoms with E-state index >= 15 is 0 Å². The zero-order chi connectivity index (χ0) is 17.1. The first-order valence-corrected chi connectivity index (χ1v) is 8.81. The standard InChI is InChI=1S/C13H19ClN4O3S.ClH/c1-4-18(5-2)11-9(14)6-8(12(19)17-13(15)16)7-10(11)22(3,20)21;/h6-7H,4-5H2,1-3H3,(H4,15,16,17,19);1H. The van der Waals surface area contributed by atoms with Crippen molar-refractivity contribution in [2.45, 2.75) is 18.7 Å². The maximum atomic E-state index is 12.1. The van der Waals surface area contributed by atoms with Crippen molar-refractivity contribution < 1.29 is 13.2 Å². The van der Waals surface area contributed by atoms with Crippen LogP contribution in [-0.4, -0.2) is 39.6 Å². The second-order valence-electron chi connectivity index (χ2n) is 4.59. The van der Waals surface area contributed by atoms with Crippen molar-refractivity contribution in [2.75, 3.05) is 24.2 Å². The van der Waals surface area contributed by atoms with Gasteiger partial charge in [0.2, 0.25) is 0 Å². The first kappa shape index (κ1) is 21.5. The molecule has 10 heteroatoms. The fourth-order valence-corrected chi connectivity index (χ4v) is 3.33. The van der Waals surface area contributed by atoms with E-state index in [1.54, 1.807) is 4.90 Å². The van der Waals surface area contributed by atoms with E-state index in [0.717, 1.165) is 6.26 Å². The monoisotopic (exact) mass is 382 g/mol. The van der Waals surface area contributed by atoms with Gasteiger partial charge in [0.15, 0.2) is 15.8 Å². The van der Waals surface area contributed by atoms with Gasteiger partial charge >= 0.3 is 0 Å². The Labute approximate surface area is 147 Å². The molecule has 1 rings (SSSR count). The molecule has 0 aromatic heterocycles. The normalized spacial score (nSPS) is 10.6. The van der Waals surface area contributed by atoms with Crippen LogP contribution in [0, 0.1) is 0 Å². The van der Waals surface area contributed by atoms with Crippen molar-refractivity contribution in [1.29, 1.82) is 0 Å². The topological polar surface area (TPSA) is 119 Å². The van der Waals surface area contributed by atoms with E-state index in [9.17, 15) is 13.2 Å². The summed E-state index contributed by atoms with van der Waals surface area (Å²) in [6.45, 7) is 4.90. The number of hydrogen-bond donors (Lipinski definition) is 2. The number of hydrogen-bond acceptors (Lipinski definition) is 4. The third kappa shape index (κ3) is 5.26. The first-order valence-electron chi connectivity index (χ1n) is 6.54. The van der Waals surface area contributed by atoms with Gasteiger partial charge in [-0.05, 0) is 26.0 Å². The summed E-state index contributed by atoms with van der Waals surface area (Å²) in [6, 6.07) is 2.60. The molecule has 130 valence electrons. The number of halogens is 2. The second-order valence-corrected chi connectivity index (χ2v) is 6.98. The predicted octanol–water partition coefficient (Wildman–Crippen LogP) is 1.43.